The number of H-pyrrole nitrogens is 1. The number of carbonyl (C=O) groups excluding carboxylic acids is 1. The summed E-state index contributed by atoms with van der Waals surface area (Å²) in [6.45, 7) is 1.52. The van der Waals surface area contributed by atoms with Gasteiger partial charge in [0.05, 0.1) is 16.6 Å². The number of rotatable bonds is 3. The highest BCUT2D eigenvalue weighted by molar-refractivity contribution is 5.92. The molecule has 3 aromatic rings. The highest BCUT2D eigenvalue weighted by Crippen LogP contribution is 2.23. The zero-order chi connectivity index (χ0) is 17.9. The molecular weight excluding hydrogens is 328 g/mol. The molecule has 1 saturated heterocycles. The van der Waals surface area contributed by atoms with Gasteiger partial charge in [-0.1, -0.05) is 12.1 Å². The molecule has 130 valence electrons. The second-order valence-corrected chi connectivity index (χ2v) is 6.37. The van der Waals surface area contributed by atoms with Crippen molar-refractivity contribution < 1.29 is 4.79 Å². The number of aromatic nitrogens is 3. The van der Waals surface area contributed by atoms with Gasteiger partial charge in [0.25, 0.3) is 0 Å². The van der Waals surface area contributed by atoms with E-state index in [1.165, 1.54) is 0 Å². The Hall–Kier alpha value is -3.40. The van der Waals surface area contributed by atoms with Crippen LogP contribution in [0.2, 0.25) is 0 Å². The second kappa shape index (κ2) is 6.84. The van der Waals surface area contributed by atoms with E-state index in [2.05, 4.69) is 31.2 Å². The van der Waals surface area contributed by atoms with Gasteiger partial charge in [0.15, 0.2) is 0 Å². The number of pyridine rings is 1. The van der Waals surface area contributed by atoms with Gasteiger partial charge in [-0.15, -0.1) is 0 Å². The predicted octanol–water partition coefficient (Wildman–Crippen LogP) is 2.68. The number of hydrogen-bond donors (Lipinski definition) is 2. The lowest BCUT2D eigenvalue weighted by atomic mass is 9.96. The fraction of sp³-hybridized carbons (Fsp3) is 0.263. The first-order valence-corrected chi connectivity index (χ1v) is 8.59. The van der Waals surface area contributed by atoms with E-state index in [0.29, 0.717) is 11.5 Å². The van der Waals surface area contributed by atoms with Crippen LogP contribution in [0.25, 0.3) is 11.0 Å². The van der Waals surface area contributed by atoms with E-state index in [9.17, 15) is 4.79 Å². The largest absolute Gasteiger partial charge is 0.357 e. The summed E-state index contributed by atoms with van der Waals surface area (Å²) in [5.41, 5.74) is 2.29. The van der Waals surface area contributed by atoms with Crippen molar-refractivity contribution in [3.8, 4) is 6.07 Å². The van der Waals surface area contributed by atoms with Crippen molar-refractivity contribution in [3.63, 3.8) is 0 Å². The Balaban J connectivity index is 1.36. The van der Waals surface area contributed by atoms with Gasteiger partial charge < -0.3 is 9.88 Å². The highest BCUT2D eigenvalue weighted by atomic mass is 16.2. The summed E-state index contributed by atoms with van der Waals surface area (Å²) in [4.78, 5) is 26.5. The molecule has 1 aliphatic rings. The number of benzene rings is 1. The quantitative estimate of drug-likeness (QED) is 0.760. The maximum Gasteiger partial charge on any atom is 0.229 e. The van der Waals surface area contributed by atoms with E-state index in [1.807, 2.05) is 30.3 Å². The van der Waals surface area contributed by atoms with Gasteiger partial charge in [-0.25, -0.2) is 9.97 Å². The Morgan fingerprint density at radius 1 is 1.23 bits per heavy atom. The zero-order valence-corrected chi connectivity index (χ0v) is 14.1. The Morgan fingerprint density at radius 2 is 2.04 bits per heavy atom. The molecule has 7 nitrogen and oxygen atoms in total. The van der Waals surface area contributed by atoms with E-state index in [1.54, 1.807) is 12.3 Å². The molecule has 2 N–H and O–H groups in total. The van der Waals surface area contributed by atoms with Crippen LogP contribution < -0.4 is 10.2 Å². The van der Waals surface area contributed by atoms with Crippen molar-refractivity contribution in [1.82, 2.24) is 15.0 Å². The molecular formula is C19H18N6O. The van der Waals surface area contributed by atoms with Gasteiger partial charge in [0.1, 0.15) is 11.9 Å². The van der Waals surface area contributed by atoms with Gasteiger partial charge in [0.2, 0.25) is 11.9 Å². The molecule has 2 aromatic heterocycles. The van der Waals surface area contributed by atoms with E-state index < -0.39 is 0 Å². The molecule has 1 amide bonds. The van der Waals surface area contributed by atoms with Crippen molar-refractivity contribution in [3.05, 3.63) is 48.2 Å². The monoisotopic (exact) mass is 346 g/mol. The van der Waals surface area contributed by atoms with Gasteiger partial charge in [-0.3, -0.25) is 10.1 Å². The van der Waals surface area contributed by atoms with Crippen LogP contribution in [0.3, 0.4) is 0 Å². The van der Waals surface area contributed by atoms with Gasteiger partial charge in [-0.2, -0.15) is 5.26 Å². The minimum Gasteiger partial charge on any atom is -0.357 e. The van der Waals surface area contributed by atoms with Crippen LogP contribution in [0.1, 0.15) is 18.4 Å². The molecule has 4 rings (SSSR count). The number of imidazole rings is 1. The molecule has 3 heterocycles. The summed E-state index contributed by atoms with van der Waals surface area (Å²) in [5.74, 6) is 1.29. The Kier molecular flexibility index (Phi) is 4.23. The van der Waals surface area contributed by atoms with Crippen LogP contribution in [0, 0.1) is 17.2 Å². The van der Waals surface area contributed by atoms with Crippen molar-refractivity contribution in [2.45, 2.75) is 12.8 Å². The third-order valence-corrected chi connectivity index (χ3v) is 4.70. The lowest BCUT2D eigenvalue weighted by Gasteiger charge is -2.31. The topological polar surface area (TPSA) is 97.7 Å². The standard InChI is InChI=1S/C19H18N6O/c20-11-13-5-6-17(21-12-13)25-9-7-14(8-10-25)18(26)24-19-22-15-3-1-2-4-16(15)23-19/h1-6,12,14H,7-10H2,(H2,22,23,24,26). The predicted molar refractivity (Wildman–Crippen MR) is 98.6 cm³/mol. The molecule has 7 heteroatoms. The van der Waals surface area contributed by atoms with Crippen molar-refractivity contribution in [2.75, 3.05) is 23.3 Å². The smallest absolute Gasteiger partial charge is 0.229 e. The van der Waals surface area contributed by atoms with Gasteiger partial charge in [-0.05, 0) is 37.1 Å². The molecule has 0 spiro atoms. The normalized spacial score (nSPS) is 15.0. The van der Waals surface area contributed by atoms with Crippen LogP contribution in [0.5, 0.6) is 0 Å². The van der Waals surface area contributed by atoms with E-state index >= 15 is 0 Å². The SMILES string of the molecule is N#Cc1ccc(N2CCC(C(=O)Nc3nc4ccccc4[nH]3)CC2)nc1. The van der Waals surface area contributed by atoms with Gasteiger partial charge in [0, 0.05) is 25.2 Å². The van der Waals surface area contributed by atoms with E-state index in [4.69, 9.17) is 5.26 Å². The summed E-state index contributed by atoms with van der Waals surface area (Å²) in [6.07, 6.45) is 3.09. The third-order valence-electron chi connectivity index (χ3n) is 4.70. The average Bonchev–Trinajstić information content (AvgIpc) is 3.10. The van der Waals surface area contributed by atoms with E-state index in [-0.39, 0.29) is 11.8 Å². The zero-order valence-electron chi connectivity index (χ0n) is 14.1. The number of nitrogens with one attached hydrogen (secondary N) is 2. The van der Waals surface area contributed by atoms with E-state index in [0.717, 1.165) is 42.8 Å². The summed E-state index contributed by atoms with van der Waals surface area (Å²) in [7, 11) is 0. The van der Waals surface area contributed by atoms with Crippen molar-refractivity contribution in [2.24, 2.45) is 5.92 Å². The minimum atomic E-state index is -0.0437. The number of piperidine rings is 1. The number of fused-ring (bicyclic) bond motifs is 1. The number of hydrogen-bond acceptors (Lipinski definition) is 5. The van der Waals surface area contributed by atoms with Crippen LogP contribution in [0.15, 0.2) is 42.6 Å². The maximum absolute atomic E-state index is 12.5. The molecule has 0 saturated carbocycles. The first-order valence-electron chi connectivity index (χ1n) is 8.59. The molecule has 0 unspecified atom stereocenters. The molecule has 1 fully saturated rings. The third kappa shape index (κ3) is 3.22. The number of para-hydroxylation sites is 2. The van der Waals surface area contributed by atoms with Crippen LogP contribution >= 0.6 is 0 Å². The number of carbonyl (C=O) groups is 1. The fourth-order valence-electron chi connectivity index (χ4n) is 3.24. The Labute approximate surface area is 150 Å². The molecule has 0 atom stereocenters. The maximum atomic E-state index is 12.5. The average molecular weight is 346 g/mol. The summed E-state index contributed by atoms with van der Waals surface area (Å²) in [6, 6.07) is 13.4. The molecule has 0 radical (unpaired) electrons. The lowest BCUT2D eigenvalue weighted by Crippen LogP contribution is -2.38. The van der Waals surface area contributed by atoms with Crippen LogP contribution in [0.4, 0.5) is 11.8 Å². The molecule has 0 aliphatic carbocycles. The minimum absolute atomic E-state index is 0.00325. The number of anilines is 2. The number of aromatic amines is 1. The number of nitrogens with zero attached hydrogens (tertiary/aromatic N) is 4. The first-order chi connectivity index (χ1) is 12.7. The summed E-state index contributed by atoms with van der Waals surface area (Å²) < 4.78 is 0. The molecule has 1 aliphatic heterocycles. The number of nitriles is 1. The molecule has 0 bridgehead atoms. The molecule has 26 heavy (non-hydrogen) atoms. The summed E-state index contributed by atoms with van der Waals surface area (Å²) >= 11 is 0. The number of amides is 1. The summed E-state index contributed by atoms with van der Waals surface area (Å²) in [5, 5.41) is 11.7. The fourth-order valence-corrected chi connectivity index (χ4v) is 3.24. The second-order valence-electron chi connectivity index (χ2n) is 6.37. The highest BCUT2D eigenvalue weighted by Gasteiger charge is 2.26. The first kappa shape index (κ1) is 16.1. The Morgan fingerprint density at radius 3 is 2.73 bits per heavy atom. The van der Waals surface area contributed by atoms with Crippen molar-refractivity contribution in [1.29, 1.82) is 5.26 Å². The Bertz CT molecular complexity index is 931. The van der Waals surface area contributed by atoms with Crippen LogP contribution in [-0.4, -0.2) is 33.9 Å². The molecule has 1 aromatic carbocycles. The lowest BCUT2D eigenvalue weighted by molar-refractivity contribution is -0.120. The van der Waals surface area contributed by atoms with Gasteiger partial charge >= 0.3 is 0 Å². The van der Waals surface area contributed by atoms with Crippen LogP contribution in [-0.2, 0) is 4.79 Å². The van der Waals surface area contributed by atoms with Crippen molar-refractivity contribution >= 4 is 28.7 Å².